The number of imidazole rings is 1. The Morgan fingerprint density at radius 2 is 1.21 bits per heavy atom. The van der Waals surface area contributed by atoms with E-state index in [0.717, 1.165) is 0 Å². The van der Waals surface area contributed by atoms with Crippen LogP contribution in [0.5, 0.6) is 5.75 Å². The molecule has 24 nitrogen and oxygen atoms in total. The molecule has 9 atom stereocenters. The molecule has 1 aliphatic heterocycles. The Hall–Kier alpha value is -9.45. The van der Waals surface area contributed by atoms with Crippen LogP contribution in [-0.2, 0) is 64.0 Å². The predicted octanol–water partition coefficient (Wildman–Crippen LogP) is 1.68. The van der Waals surface area contributed by atoms with Crippen LogP contribution in [0.25, 0.3) is 0 Å². The number of benzene rings is 4. The van der Waals surface area contributed by atoms with Gasteiger partial charge in [-0.3, -0.25) is 43.3 Å². The van der Waals surface area contributed by atoms with Crippen molar-refractivity contribution in [2.75, 3.05) is 13.1 Å². The molecule has 0 unspecified atom stereocenters. The van der Waals surface area contributed by atoms with Gasteiger partial charge < -0.3 is 69.2 Å². The zero-order valence-electron chi connectivity index (χ0n) is 48.7. The number of carbonyl (C=O) groups is 9. The maximum Gasteiger partial charge on any atom is 0.326 e. The number of likely N-dealkylation sites (tertiary alicyclic amines) is 1. The first-order valence-corrected chi connectivity index (χ1v) is 28.8. The van der Waals surface area contributed by atoms with Crippen LogP contribution >= 0.6 is 0 Å². The quantitative estimate of drug-likeness (QED) is 0.0130. The lowest BCUT2D eigenvalue weighted by Crippen LogP contribution is -2.62. The van der Waals surface area contributed by atoms with Crippen molar-refractivity contribution < 1.29 is 53.4 Å². The SMILES string of the molecule is CC[C@H](C)[C@H](NC(=O)[C@H](Cc1ccc(O)cc1)NC(=O)[C@@H](NC(=O)[C@H](CCCN=C(N)N)NC(=O)[C@@H](N)Cc1ccc(C(=O)c2ccccc2)cc1)C(C)C)C(=O)N[C@@H](Cc1cnc[nH]1)C(=O)N1CCC[C@H]1C(=O)N[C@@H](Cc1ccccc1)C(=O)O. The van der Waals surface area contributed by atoms with E-state index in [9.17, 15) is 53.4 Å². The average molecular weight is 1180 g/mol. The number of carboxylic acid groups (broad SMARTS) is 1. The lowest BCUT2D eigenvalue weighted by molar-refractivity contribution is -0.145. The number of nitrogens with two attached hydrogens (primary N) is 3. The molecule has 1 saturated heterocycles. The highest BCUT2D eigenvalue weighted by Crippen LogP contribution is 2.22. The fourth-order valence-corrected chi connectivity index (χ4v) is 9.93. The second-order valence-corrected chi connectivity index (χ2v) is 21.9. The van der Waals surface area contributed by atoms with E-state index in [2.05, 4.69) is 46.9 Å². The molecular formula is C62H79N13O11. The molecule has 5 aromatic rings. The van der Waals surface area contributed by atoms with E-state index in [0.29, 0.717) is 46.4 Å². The first-order valence-electron chi connectivity index (χ1n) is 28.8. The molecule has 0 saturated carbocycles. The maximum absolute atomic E-state index is 14.8. The van der Waals surface area contributed by atoms with Crippen LogP contribution in [-0.4, -0.2) is 146 Å². The number of H-pyrrole nitrogens is 1. The Bertz CT molecular complexity index is 3120. The topological polar surface area (TPSA) is 389 Å². The number of nitrogens with one attached hydrogen (secondary N) is 7. The van der Waals surface area contributed by atoms with Gasteiger partial charge in [0, 0.05) is 55.4 Å². The Kier molecular flexibility index (Phi) is 24.4. The van der Waals surface area contributed by atoms with E-state index in [4.69, 9.17) is 17.2 Å². The smallest absolute Gasteiger partial charge is 0.326 e. The summed E-state index contributed by atoms with van der Waals surface area (Å²) in [6.45, 7) is 7.08. The number of hydrogen-bond acceptors (Lipinski definition) is 13. The van der Waals surface area contributed by atoms with Gasteiger partial charge in [-0.1, -0.05) is 131 Å². The third kappa shape index (κ3) is 19.3. The number of aromatic hydroxyl groups is 1. The molecule has 0 bridgehead atoms. The van der Waals surface area contributed by atoms with Gasteiger partial charge in [0.2, 0.25) is 41.4 Å². The molecule has 86 heavy (non-hydrogen) atoms. The van der Waals surface area contributed by atoms with Crippen LogP contribution in [0.3, 0.4) is 0 Å². The number of amides is 7. The van der Waals surface area contributed by atoms with Crippen molar-refractivity contribution in [2.24, 2.45) is 34.0 Å². The van der Waals surface area contributed by atoms with Crippen LogP contribution in [0.1, 0.15) is 98.1 Å². The van der Waals surface area contributed by atoms with Crippen molar-refractivity contribution in [2.45, 2.75) is 134 Å². The average Bonchev–Trinajstić information content (AvgIpc) is 3.19. The van der Waals surface area contributed by atoms with Gasteiger partial charge >= 0.3 is 5.97 Å². The molecule has 24 heteroatoms. The zero-order valence-corrected chi connectivity index (χ0v) is 48.7. The van der Waals surface area contributed by atoms with Crippen molar-refractivity contribution >= 4 is 59.1 Å². The molecule has 4 aromatic carbocycles. The van der Waals surface area contributed by atoms with Crippen molar-refractivity contribution in [1.29, 1.82) is 0 Å². The Balaban J connectivity index is 1.18. The number of aliphatic imine (C=N–C) groups is 1. The van der Waals surface area contributed by atoms with E-state index < -0.39 is 107 Å². The van der Waals surface area contributed by atoms with Crippen LogP contribution < -0.4 is 49.1 Å². The standard InChI is InChI=1S/C62H79N13O11/c1-5-37(4)52(59(83)71-48(33-43-34-66-35-68-43)60(84)75-29-13-19-50(75)57(81)72-49(61(85)86)32-38-14-8-6-9-15-38)74-56(80)47(31-40-22-26-44(76)27-23-40)70-58(82)51(36(2)3)73-55(79)46(18-12-28-67-62(64)65)69-54(78)45(63)30-39-20-24-42(25-21-39)53(77)41-16-10-7-11-17-41/h6-11,14-17,20-27,34-37,45-52,76H,5,12-13,18-19,28-33,63H2,1-4H3,(H,66,68)(H,69,78)(H,70,82)(H,71,83)(H,72,81)(H,73,79)(H,74,80)(H,85,86)(H4,64,65,67)/t37-,45-,46-,47-,48-,49-,50-,51-,52-/m0/s1. The van der Waals surface area contributed by atoms with Gasteiger partial charge in [0.05, 0.1) is 12.4 Å². The second kappa shape index (κ2) is 32.0. The van der Waals surface area contributed by atoms with Gasteiger partial charge in [0.1, 0.15) is 48.0 Å². The number of guanidine groups is 1. The van der Waals surface area contributed by atoms with Gasteiger partial charge in [0.15, 0.2) is 11.7 Å². The number of nitrogens with zero attached hydrogens (tertiary/aromatic N) is 3. The minimum Gasteiger partial charge on any atom is -0.508 e. The highest BCUT2D eigenvalue weighted by molar-refractivity contribution is 6.09. The molecule has 458 valence electrons. The number of rotatable bonds is 31. The number of aromatic amines is 1. The summed E-state index contributed by atoms with van der Waals surface area (Å²) in [5, 5.41) is 36.7. The van der Waals surface area contributed by atoms with E-state index in [1.54, 1.807) is 119 Å². The van der Waals surface area contributed by atoms with Gasteiger partial charge in [-0.25, -0.2) is 9.78 Å². The number of ketones is 1. The second-order valence-electron chi connectivity index (χ2n) is 21.9. The summed E-state index contributed by atoms with van der Waals surface area (Å²) in [6.07, 6.45) is 3.89. The van der Waals surface area contributed by atoms with Gasteiger partial charge in [0.25, 0.3) is 0 Å². The molecular weight excluding hydrogens is 1100 g/mol. The fourth-order valence-electron chi connectivity index (χ4n) is 9.93. The number of aliphatic carboxylic acids is 1. The third-order valence-corrected chi connectivity index (χ3v) is 15.0. The highest BCUT2D eigenvalue weighted by atomic mass is 16.4. The molecule has 7 amide bonds. The summed E-state index contributed by atoms with van der Waals surface area (Å²) in [5.41, 5.74) is 20.8. The summed E-state index contributed by atoms with van der Waals surface area (Å²) in [4.78, 5) is 138. The Morgan fingerprint density at radius 1 is 0.651 bits per heavy atom. The Labute approximate surface area is 499 Å². The molecule has 15 N–H and O–H groups in total. The predicted molar refractivity (Wildman–Crippen MR) is 320 cm³/mol. The van der Waals surface area contributed by atoms with Crippen molar-refractivity contribution in [3.05, 3.63) is 155 Å². The lowest BCUT2D eigenvalue weighted by atomic mass is 9.96. The van der Waals surface area contributed by atoms with Crippen molar-refractivity contribution in [1.82, 2.24) is 46.8 Å². The van der Waals surface area contributed by atoms with Crippen LogP contribution in [0, 0.1) is 11.8 Å². The molecule has 1 aliphatic rings. The Morgan fingerprint density at radius 3 is 1.83 bits per heavy atom. The fraction of sp³-hybridized carbons (Fsp3) is 0.403. The molecule has 1 aromatic heterocycles. The van der Waals surface area contributed by atoms with Crippen molar-refractivity contribution in [3.63, 3.8) is 0 Å². The molecule has 6 rings (SSSR count). The number of carbonyl (C=O) groups excluding carboxylic acids is 8. The summed E-state index contributed by atoms with van der Waals surface area (Å²) in [6, 6.07) is 20.0. The summed E-state index contributed by atoms with van der Waals surface area (Å²) >= 11 is 0. The first kappa shape index (κ1) is 65.7. The third-order valence-electron chi connectivity index (χ3n) is 15.0. The highest BCUT2D eigenvalue weighted by Gasteiger charge is 2.41. The van der Waals surface area contributed by atoms with E-state index in [1.165, 1.54) is 29.6 Å². The van der Waals surface area contributed by atoms with E-state index >= 15 is 0 Å². The number of phenols is 1. The minimum atomic E-state index is -1.41. The van der Waals surface area contributed by atoms with Crippen molar-refractivity contribution in [3.8, 4) is 5.75 Å². The number of aromatic nitrogens is 2. The van der Waals surface area contributed by atoms with E-state index in [-0.39, 0.29) is 75.5 Å². The van der Waals surface area contributed by atoms with Gasteiger partial charge in [-0.05, 0) is 72.8 Å². The number of phenolic OH excluding ortho intramolecular Hbond substituents is 1. The zero-order chi connectivity index (χ0) is 62.5. The minimum absolute atomic E-state index is 0.000651. The molecule has 1 fully saturated rings. The van der Waals surface area contributed by atoms with Crippen LogP contribution in [0.15, 0.2) is 127 Å². The molecule has 0 radical (unpaired) electrons. The largest absolute Gasteiger partial charge is 0.508 e. The maximum atomic E-state index is 14.8. The first-order chi connectivity index (χ1) is 41.1. The van der Waals surface area contributed by atoms with Gasteiger partial charge in [-0.15, -0.1) is 0 Å². The summed E-state index contributed by atoms with van der Waals surface area (Å²) in [7, 11) is 0. The number of carboxylic acids is 1. The molecule has 0 aliphatic carbocycles. The van der Waals surface area contributed by atoms with Crippen LogP contribution in [0.2, 0.25) is 0 Å². The van der Waals surface area contributed by atoms with Gasteiger partial charge in [-0.2, -0.15) is 0 Å². The normalized spacial score (nSPS) is 15.7. The van der Waals surface area contributed by atoms with E-state index in [1.807, 2.05) is 6.07 Å². The molecule has 0 spiro atoms. The summed E-state index contributed by atoms with van der Waals surface area (Å²) < 4.78 is 0. The lowest BCUT2D eigenvalue weighted by Gasteiger charge is -2.32. The summed E-state index contributed by atoms with van der Waals surface area (Å²) in [5.74, 6) is -7.95. The van der Waals surface area contributed by atoms with Crippen LogP contribution in [0.4, 0.5) is 0 Å². The number of hydrogen-bond donors (Lipinski definition) is 12. The monoisotopic (exact) mass is 1180 g/mol. The molecule has 2 heterocycles.